The summed E-state index contributed by atoms with van der Waals surface area (Å²) in [5, 5.41) is 0. The number of anilines is 1. The fourth-order valence-electron chi connectivity index (χ4n) is 2.72. The van der Waals surface area contributed by atoms with Gasteiger partial charge in [-0.2, -0.15) is 0 Å². The van der Waals surface area contributed by atoms with Gasteiger partial charge in [0.25, 0.3) is 11.5 Å². The molecule has 8 heteroatoms. The maximum absolute atomic E-state index is 12.4. The van der Waals surface area contributed by atoms with E-state index in [2.05, 4.69) is 14.9 Å². The van der Waals surface area contributed by atoms with Gasteiger partial charge in [-0.3, -0.25) is 14.6 Å². The van der Waals surface area contributed by atoms with Crippen molar-refractivity contribution in [3.05, 3.63) is 56.9 Å². The molecule has 1 fully saturated rings. The van der Waals surface area contributed by atoms with Gasteiger partial charge < -0.3 is 19.5 Å². The molecule has 8 nitrogen and oxygen atoms in total. The summed E-state index contributed by atoms with van der Waals surface area (Å²) < 4.78 is 5.14. The second-order valence-corrected chi connectivity index (χ2v) is 5.48. The lowest BCUT2D eigenvalue weighted by Gasteiger charge is -2.36. The predicted molar refractivity (Wildman–Crippen MR) is 88.8 cm³/mol. The Morgan fingerprint density at radius 2 is 1.71 bits per heavy atom. The third kappa shape index (κ3) is 3.32. The number of methoxy groups -OCH3 is 1. The highest BCUT2D eigenvalue weighted by Crippen LogP contribution is 2.20. The molecule has 1 aromatic heterocycles. The van der Waals surface area contributed by atoms with Gasteiger partial charge >= 0.3 is 5.69 Å². The largest absolute Gasteiger partial charge is 0.497 e. The van der Waals surface area contributed by atoms with E-state index < -0.39 is 11.2 Å². The molecule has 0 saturated carbocycles. The van der Waals surface area contributed by atoms with E-state index in [0.29, 0.717) is 26.2 Å². The van der Waals surface area contributed by atoms with Crippen LogP contribution in [0, 0.1) is 0 Å². The van der Waals surface area contributed by atoms with Crippen LogP contribution in [0.15, 0.2) is 39.9 Å². The summed E-state index contributed by atoms with van der Waals surface area (Å²) in [5.74, 6) is 0.457. The van der Waals surface area contributed by atoms with Gasteiger partial charge in [-0.25, -0.2) is 4.79 Å². The number of amides is 1. The Labute approximate surface area is 137 Å². The Morgan fingerprint density at radius 3 is 2.29 bits per heavy atom. The monoisotopic (exact) mass is 330 g/mol. The molecule has 2 N–H and O–H groups in total. The summed E-state index contributed by atoms with van der Waals surface area (Å²) in [6, 6.07) is 8.86. The zero-order valence-electron chi connectivity index (χ0n) is 13.2. The van der Waals surface area contributed by atoms with Crippen LogP contribution in [0.1, 0.15) is 10.5 Å². The van der Waals surface area contributed by atoms with Gasteiger partial charge in [-0.15, -0.1) is 0 Å². The first-order chi connectivity index (χ1) is 11.6. The Kier molecular flexibility index (Phi) is 4.37. The number of nitrogens with one attached hydrogen (secondary N) is 2. The number of aromatic amines is 2. The number of ether oxygens (including phenoxy) is 1. The van der Waals surface area contributed by atoms with E-state index in [-0.39, 0.29) is 11.6 Å². The molecule has 1 aliphatic heterocycles. The zero-order chi connectivity index (χ0) is 17.1. The lowest BCUT2D eigenvalue weighted by molar-refractivity contribution is 0.0740. The maximum Gasteiger partial charge on any atom is 0.326 e. The number of rotatable bonds is 3. The van der Waals surface area contributed by atoms with Crippen LogP contribution in [0.25, 0.3) is 0 Å². The first-order valence-corrected chi connectivity index (χ1v) is 7.59. The normalized spacial score (nSPS) is 14.5. The minimum Gasteiger partial charge on any atom is -0.497 e. The number of aromatic nitrogens is 2. The van der Waals surface area contributed by atoms with E-state index in [0.717, 1.165) is 17.5 Å². The van der Waals surface area contributed by atoms with Gasteiger partial charge in [0.1, 0.15) is 11.4 Å². The summed E-state index contributed by atoms with van der Waals surface area (Å²) in [6.45, 7) is 2.37. The molecule has 0 aliphatic carbocycles. The fourth-order valence-corrected chi connectivity index (χ4v) is 2.72. The number of carbonyl (C=O) groups is 1. The van der Waals surface area contributed by atoms with Crippen molar-refractivity contribution in [1.29, 1.82) is 0 Å². The van der Waals surface area contributed by atoms with Gasteiger partial charge in [0, 0.05) is 37.9 Å². The average Bonchev–Trinajstić information content (AvgIpc) is 2.60. The highest BCUT2D eigenvalue weighted by atomic mass is 16.5. The molecule has 1 saturated heterocycles. The van der Waals surface area contributed by atoms with Gasteiger partial charge in [-0.1, -0.05) is 0 Å². The van der Waals surface area contributed by atoms with Crippen LogP contribution >= 0.6 is 0 Å². The number of carbonyl (C=O) groups excluding carboxylic acids is 1. The van der Waals surface area contributed by atoms with Crippen LogP contribution in [0.4, 0.5) is 5.69 Å². The van der Waals surface area contributed by atoms with Crippen molar-refractivity contribution >= 4 is 11.6 Å². The molecular formula is C16H18N4O4. The minimum absolute atomic E-state index is 0.0154. The molecule has 0 bridgehead atoms. The molecule has 3 rings (SSSR count). The van der Waals surface area contributed by atoms with Gasteiger partial charge in [0.15, 0.2) is 0 Å². The summed E-state index contributed by atoms with van der Waals surface area (Å²) >= 11 is 0. The Hall–Kier alpha value is -3.03. The van der Waals surface area contributed by atoms with Crippen molar-refractivity contribution in [3.8, 4) is 5.75 Å². The van der Waals surface area contributed by atoms with E-state index in [1.165, 1.54) is 0 Å². The van der Waals surface area contributed by atoms with Crippen molar-refractivity contribution in [3.63, 3.8) is 0 Å². The van der Waals surface area contributed by atoms with Crippen LogP contribution in [0.3, 0.4) is 0 Å². The molecule has 0 spiro atoms. The van der Waals surface area contributed by atoms with Crippen molar-refractivity contribution in [2.45, 2.75) is 0 Å². The molecule has 0 atom stereocenters. The molecule has 24 heavy (non-hydrogen) atoms. The van der Waals surface area contributed by atoms with E-state index in [4.69, 9.17) is 4.74 Å². The minimum atomic E-state index is -0.678. The molecule has 0 radical (unpaired) electrons. The molecule has 1 aliphatic rings. The Balaban J connectivity index is 1.66. The number of nitrogens with zero attached hydrogens (tertiary/aromatic N) is 2. The molecule has 126 valence electrons. The van der Waals surface area contributed by atoms with Gasteiger partial charge in [-0.05, 0) is 24.3 Å². The first kappa shape index (κ1) is 15.9. The van der Waals surface area contributed by atoms with E-state index in [9.17, 15) is 14.4 Å². The number of benzene rings is 1. The molecule has 2 heterocycles. The lowest BCUT2D eigenvalue weighted by Crippen LogP contribution is -2.49. The van der Waals surface area contributed by atoms with Crippen molar-refractivity contribution in [1.82, 2.24) is 14.9 Å². The highest BCUT2D eigenvalue weighted by Gasteiger charge is 2.23. The molecular weight excluding hydrogens is 312 g/mol. The van der Waals surface area contributed by atoms with Gasteiger partial charge in [0.05, 0.1) is 7.11 Å². The van der Waals surface area contributed by atoms with Crippen LogP contribution in [0.5, 0.6) is 5.75 Å². The van der Waals surface area contributed by atoms with Crippen molar-refractivity contribution in [2.24, 2.45) is 0 Å². The third-order valence-corrected chi connectivity index (χ3v) is 4.00. The van der Waals surface area contributed by atoms with Crippen LogP contribution < -0.4 is 20.9 Å². The Bertz CT molecular complexity index is 804. The molecule has 0 unspecified atom stereocenters. The zero-order valence-corrected chi connectivity index (χ0v) is 13.2. The molecule has 2 aromatic rings. The van der Waals surface area contributed by atoms with E-state index >= 15 is 0 Å². The summed E-state index contributed by atoms with van der Waals surface area (Å²) in [5.41, 5.74) is -0.184. The number of hydrogen-bond acceptors (Lipinski definition) is 5. The predicted octanol–water partition coefficient (Wildman–Crippen LogP) is 0.0342. The van der Waals surface area contributed by atoms with Crippen molar-refractivity contribution < 1.29 is 9.53 Å². The second-order valence-electron chi connectivity index (χ2n) is 5.48. The van der Waals surface area contributed by atoms with E-state index in [1.54, 1.807) is 12.0 Å². The number of H-pyrrole nitrogens is 2. The summed E-state index contributed by atoms with van der Waals surface area (Å²) in [6.07, 6.45) is 0. The summed E-state index contributed by atoms with van der Waals surface area (Å²) in [7, 11) is 1.62. The highest BCUT2D eigenvalue weighted by molar-refractivity contribution is 5.92. The average molecular weight is 330 g/mol. The van der Waals surface area contributed by atoms with Gasteiger partial charge in [0.2, 0.25) is 0 Å². The van der Waals surface area contributed by atoms with E-state index in [1.807, 2.05) is 24.3 Å². The maximum atomic E-state index is 12.4. The van der Waals surface area contributed by atoms with Crippen LogP contribution in [-0.2, 0) is 0 Å². The molecule has 1 aromatic carbocycles. The third-order valence-electron chi connectivity index (χ3n) is 4.00. The summed E-state index contributed by atoms with van der Waals surface area (Å²) in [4.78, 5) is 43.2. The quantitative estimate of drug-likeness (QED) is 0.828. The molecule has 1 amide bonds. The first-order valence-electron chi connectivity index (χ1n) is 7.59. The SMILES string of the molecule is COc1ccc(N2CCN(C(=O)c3cc(=O)[nH]c(=O)[nH]3)CC2)cc1. The topological polar surface area (TPSA) is 98.5 Å². The van der Waals surface area contributed by atoms with Crippen LogP contribution in [-0.4, -0.2) is 54.1 Å². The van der Waals surface area contributed by atoms with Crippen molar-refractivity contribution in [2.75, 3.05) is 38.2 Å². The van der Waals surface area contributed by atoms with Crippen LogP contribution in [0.2, 0.25) is 0 Å². The number of piperazine rings is 1. The number of hydrogen-bond donors (Lipinski definition) is 2. The standard InChI is InChI=1S/C16H18N4O4/c1-24-12-4-2-11(3-5-12)19-6-8-20(9-7-19)15(22)13-10-14(21)18-16(23)17-13/h2-5,10H,6-9H2,1H3,(H2,17,18,21,23). The smallest absolute Gasteiger partial charge is 0.326 e. The Morgan fingerprint density at radius 1 is 1.04 bits per heavy atom. The fraction of sp³-hybridized carbons (Fsp3) is 0.312. The second kappa shape index (κ2) is 6.61. The lowest BCUT2D eigenvalue weighted by atomic mass is 10.2.